The molecule has 0 aliphatic rings. The molecule has 2 aromatic rings. The van der Waals surface area contributed by atoms with E-state index < -0.39 is 6.09 Å². The number of hydrogen-bond acceptors (Lipinski definition) is 3. The van der Waals surface area contributed by atoms with Crippen molar-refractivity contribution in [2.24, 2.45) is 0 Å². The number of fused-ring (bicyclic) bond motifs is 1. The number of hydrogen-bond donors (Lipinski definition) is 0. The van der Waals surface area contributed by atoms with Crippen molar-refractivity contribution in [2.75, 3.05) is 14.1 Å². The van der Waals surface area contributed by atoms with Gasteiger partial charge in [0.1, 0.15) is 5.75 Å². The average Bonchev–Trinajstić information content (AvgIpc) is 2.46. The van der Waals surface area contributed by atoms with Crippen LogP contribution in [0.5, 0.6) is 5.75 Å². The Labute approximate surface area is 123 Å². The van der Waals surface area contributed by atoms with Gasteiger partial charge in [0.2, 0.25) is 0 Å². The van der Waals surface area contributed by atoms with Gasteiger partial charge in [-0.05, 0) is 18.6 Å². The second-order valence-electron chi connectivity index (χ2n) is 5.13. The molecule has 0 atom stereocenters. The van der Waals surface area contributed by atoms with E-state index in [0.29, 0.717) is 12.3 Å². The van der Waals surface area contributed by atoms with E-state index in [-0.39, 0.29) is 5.56 Å². The summed E-state index contributed by atoms with van der Waals surface area (Å²) < 4.78 is 7.03. The monoisotopic (exact) mass is 288 g/mol. The highest BCUT2D eigenvalue weighted by molar-refractivity contribution is 5.87. The molecule has 0 N–H and O–H groups in total. The molecule has 1 aromatic carbocycles. The molecule has 1 amide bonds. The minimum absolute atomic E-state index is 0.149. The van der Waals surface area contributed by atoms with Gasteiger partial charge >= 0.3 is 6.09 Å². The minimum atomic E-state index is -0.495. The highest BCUT2D eigenvalue weighted by Crippen LogP contribution is 2.24. The summed E-state index contributed by atoms with van der Waals surface area (Å²) in [6.45, 7) is 2.75. The molecule has 0 bridgehead atoms. The van der Waals surface area contributed by atoms with Gasteiger partial charge in [-0.25, -0.2) is 4.79 Å². The maximum atomic E-state index is 12.3. The number of unbranched alkanes of at least 4 members (excludes halogenated alkanes) is 1. The van der Waals surface area contributed by atoms with Gasteiger partial charge in [-0.1, -0.05) is 25.5 Å². The quantitative estimate of drug-likeness (QED) is 0.869. The lowest BCUT2D eigenvalue weighted by molar-refractivity contribution is 0.172. The number of para-hydroxylation sites is 1. The van der Waals surface area contributed by atoms with Crippen molar-refractivity contribution in [3.63, 3.8) is 0 Å². The van der Waals surface area contributed by atoms with Crippen molar-refractivity contribution >= 4 is 17.0 Å². The molecule has 112 valence electrons. The zero-order chi connectivity index (χ0) is 15.4. The van der Waals surface area contributed by atoms with E-state index in [9.17, 15) is 9.59 Å². The van der Waals surface area contributed by atoms with Crippen molar-refractivity contribution in [2.45, 2.75) is 26.3 Å². The molecule has 21 heavy (non-hydrogen) atoms. The lowest BCUT2D eigenvalue weighted by Gasteiger charge is -2.15. The zero-order valence-corrected chi connectivity index (χ0v) is 12.6. The summed E-state index contributed by atoms with van der Waals surface area (Å²) in [4.78, 5) is 25.3. The van der Waals surface area contributed by atoms with E-state index in [4.69, 9.17) is 4.74 Å². The van der Waals surface area contributed by atoms with E-state index >= 15 is 0 Å². The molecule has 1 aromatic heterocycles. The summed E-state index contributed by atoms with van der Waals surface area (Å²) >= 11 is 0. The van der Waals surface area contributed by atoms with Gasteiger partial charge in [-0.15, -0.1) is 0 Å². The number of rotatable bonds is 4. The van der Waals surface area contributed by atoms with Crippen LogP contribution in [0, 0.1) is 0 Å². The Kier molecular flexibility index (Phi) is 4.62. The van der Waals surface area contributed by atoms with Gasteiger partial charge in [-0.3, -0.25) is 4.79 Å². The molecule has 0 aliphatic carbocycles. The van der Waals surface area contributed by atoms with Crippen LogP contribution >= 0.6 is 0 Å². The van der Waals surface area contributed by atoms with Crippen molar-refractivity contribution in [1.82, 2.24) is 9.47 Å². The molecule has 0 fully saturated rings. The lowest BCUT2D eigenvalue weighted by Crippen LogP contribution is -2.27. The van der Waals surface area contributed by atoms with Crippen LogP contribution in [0.1, 0.15) is 19.8 Å². The fourth-order valence-electron chi connectivity index (χ4n) is 2.12. The van der Waals surface area contributed by atoms with Crippen molar-refractivity contribution in [1.29, 1.82) is 0 Å². The number of aryl methyl sites for hydroxylation is 1. The molecule has 5 nitrogen and oxygen atoms in total. The SMILES string of the molecule is CCCCn1c(=O)cc(OC(=O)N(C)C)c2ccccc21. The van der Waals surface area contributed by atoms with Gasteiger partial charge in [0.05, 0.1) is 5.52 Å². The van der Waals surface area contributed by atoms with Crippen molar-refractivity contribution in [3.05, 3.63) is 40.7 Å². The van der Waals surface area contributed by atoms with E-state index in [1.54, 1.807) is 18.7 Å². The fraction of sp³-hybridized carbons (Fsp3) is 0.375. The zero-order valence-electron chi connectivity index (χ0n) is 12.6. The predicted octanol–water partition coefficient (Wildman–Crippen LogP) is 2.86. The summed E-state index contributed by atoms with van der Waals surface area (Å²) in [6.07, 6.45) is 1.45. The van der Waals surface area contributed by atoms with Crippen LogP contribution in [0.2, 0.25) is 0 Å². The second-order valence-corrected chi connectivity index (χ2v) is 5.13. The van der Waals surface area contributed by atoms with Crippen molar-refractivity contribution in [3.8, 4) is 5.75 Å². The maximum Gasteiger partial charge on any atom is 0.414 e. The predicted molar refractivity (Wildman–Crippen MR) is 82.8 cm³/mol. The fourth-order valence-corrected chi connectivity index (χ4v) is 2.12. The third-order valence-electron chi connectivity index (χ3n) is 3.28. The van der Waals surface area contributed by atoms with Gasteiger partial charge < -0.3 is 14.2 Å². The summed E-state index contributed by atoms with van der Waals surface area (Å²) in [5.41, 5.74) is 0.642. The number of aromatic nitrogens is 1. The van der Waals surface area contributed by atoms with E-state index in [1.807, 2.05) is 24.3 Å². The second kappa shape index (κ2) is 6.43. The molecular formula is C16H20N2O3. The molecule has 0 saturated heterocycles. The van der Waals surface area contributed by atoms with Gasteiger partial charge in [0.15, 0.2) is 0 Å². The molecular weight excluding hydrogens is 268 g/mol. The first-order chi connectivity index (χ1) is 10.0. The van der Waals surface area contributed by atoms with Gasteiger partial charge in [-0.2, -0.15) is 0 Å². The topological polar surface area (TPSA) is 51.5 Å². The molecule has 1 heterocycles. The lowest BCUT2D eigenvalue weighted by atomic mass is 10.2. The first-order valence-corrected chi connectivity index (χ1v) is 7.06. The third-order valence-corrected chi connectivity index (χ3v) is 3.28. The maximum absolute atomic E-state index is 12.3. The van der Waals surface area contributed by atoms with Gasteiger partial charge in [0.25, 0.3) is 5.56 Å². The van der Waals surface area contributed by atoms with Crippen LogP contribution in [0.25, 0.3) is 10.9 Å². The normalized spacial score (nSPS) is 10.6. The summed E-state index contributed by atoms with van der Waals surface area (Å²) in [7, 11) is 3.21. The number of carbonyl (C=O) groups is 1. The number of nitrogens with zero attached hydrogens (tertiary/aromatic N) is 2. The highest BCUT2D eigenvalue weighted by atomic mass is 16.6. The summed E-state index contributed by atoms with van der Waals surface area (Å²) in [5.74, 6) is 0.307. The van der Waals surface area contributed by atoms with Crippen LogP contribution in [0.4, 0.5) is 4.79 Å². The number of carbonyl (C=O) groups excluding carboxylic acids is 1. The first-order valence-electron chi connectivity index (χ1n) is 7.06. The summed E-state index contributed by atoms with van der Waals surface area (Å²) in [5, 5.41) is 0.767. The number of ether oxygens (including phenoxy) is 1. The molecule has 0 unspecified atom stereocenters. The van der Waals surface area contributed by atoms with Gasteiger partial charge in [0, 0.05) is 32.1 Å². The van der Waals surface area contributed by atoms with E-state index in [0.717, 1.165) is 23.7 Å². The minimum Gasteiger partial charge on any atom is -0.409 e. The van der Waals surface area contributed by atoms with Crippen LogP contribution < -0.4 is 10.3 Å². The standard InChI is InChI=1S/C16H20N2O3/c1-4-5-10-18-13-9-7-6-8-12(13)14(11-15(18)19)21-16(20)17(2)3/h6-9,11H,4-5,10H2,1-3H3. The molecule has 0 saturated carbocycles. The Morgan fingerprint density at radius 2 is 2.00 bits per heavy atom. The molecule has 5 heteroatoms. The summed E-state index contributed by atoms with van der Waals surface area (Å²) in [6, 6.07) is 8.86. The number of benzene rings is 1. The van der Waals surface area contributed by atoms with Crippen LogP contribution in [0.15, 0.2) is 35.1 Å². The highest BCUT2D eigenvalue weighted by Gasteiger charge is 2.13. The third kappa shape index (κ3) is 3.24. The molecule has 2 rings (SSSR count). The van der Waals surface area contributed by atoms with Crippen LogP contribution in [-0.4, -0.2) is 29.7 Å². The van der Waals surface area contributed by atoms with E-state index in [1.165, 1.54) is 11.0 Å². The number of pyridine rings is 1. The Hall–Kier alpha value is -2.30. The smallest absolute Gasteiger partial charge is 0.409 e. The molecule has 0 radical (unpaired) electrons. The van der Waals surface area contributed by atoms with Crippen LogP contribution in [-0.2, 0) is 6.54 Å². The Bertz CT molecular complexity index is 704. The van der Waals surface area contributed by atoms with Crippen LogP contribution in [0.3, 0.4) is 0 Å². The van der Waals surface area contributed by atoms with E-state index in [2.05, 4.69) is 6.92 Å². The molecule has 0 spiro atoms. The molecule has 0 aliphatic heterocycles. The average molecular weight is 288 g/mol. The Morgan fingerprint density at radius 3 is 2.67 bits per heavy atom. The Morgan fingerprint density at radius 1 is 1.29 bits per heavy atom. The number of amides is 1. The Balaban J connectivity index is 2.54. The first kappa shape index (κ1) is 15.1. The van der Waals surface area contributed by atoms with Crippen molar-refractivity contribution < 1.29 is 9.53 Å². The largest absolute Gasteiger partial charge is 0.414 e.